The lowest BCUT2D eigenvalue weighted by Gasteiger charge is -2.34. The zero-order chi connectivity index (χ0) is 24.0. The van der Waals surface area contributed by atoms with Crippen LogP contribution in [0.3, 0.4) is 0 Å². The van der Waals surface area contributed by atoms with E-state index in [-0.39, 0.29) is 23.9 Å². The third-order valence-electron chi connectivity index (χ3n) is 5.51. The van der Waals surface area contributed by atoms with Gasteiger partial charge in [-0.25, -0.2) is 8.42 Å². The van der Waals surface area contributed by atoms with Crippen LogP contribution in [0.4, 0.5) is 0 Å². The number of ether oxygens (including phenoxy) is 2. The first kappa shape index (κ1) is 23.7. The van der Waals surface area contributed by atoms with Gasteiger partial charge in [0.1, 0.15) is 6.61 Å². The second kappa shape index (κ2) is 10.7. The number of sulfonamides is 1. The van der Waals surface area contributed by atoms with E-state index in [1.165, 1.54) is 4.31 Å². The number of carbonyl (C=O) groups is 1. The predicted molar refractivity (Wildman–Crippen MR) is 127 cm³/mol. The summed E-state index contributed by atoms with van der Waals surface area (Å²) < 4.78 is 38.7. The van der Waals surface area contributed by atoms with Gasteiger partial charge in [0.05, 0.1) is 11.5 Å². The molecule has 1 saturated heterocycles. The Morgan fingerprint density at radius 1 is 0.941 bits per heavy atom. The van der Waals surface area contributed by atoms with E-state index in [4.69, 9.17) is 9.47 Å². The van der Waals surface area contributed by atoms with E-state index >= 15 is 0 Å². The Labute approximate surface area is 199 Å². The molecular formula is C25H27N3O5S. The van der Waals surface area contributed by atoms with Crippen LogP contribution < -0.4 is 9.47 Å². The maximum atomic E-state index is 13.1. The van der Waals surface area contributed by atoms with Crippen LogP contribution in [0, 0.1) is 0 Å². The highest BCUT2D eigenvalue weighted by atomic mass is 32.2. The topological polar surface area (TPSA) is 89.0 Å². The molecule has 34 heavy (non-hydrogen) atoms. The minimum absolute atomic E-state index is 0.170. The van der Waals surface area contributed by atoms with Crippen LogP contribution in [-0.4, -0.2) is 61.3 Å². The van der Waals surface area contributed by atoms with E-state index in [1.54, 1.807) is 65.8 Å². The summed E-state index contributed by atoms with van der Waals surface area (Å²) in [5, 5.41) is 0. The summed E-state index contributed by atoms with van der Waals surface area (Å²) in [5.41, 5.74) is 1.39. The van der Waals surface area contributed by atoms with Gasteiger partial charge in [-0.1, -0.05) is 24.3 Å². The van der Waals surface area contributed by atoms with E-state index < -0.39 is 10.0 Å². The maximum Gasteiger partial charge on any atom is 0.254 e. The molecule has 0 aliphatic carbocycles. The van der Waals surface area contributed by atoms with Crippen LogP contribution in [0.15, 0.2) is 78.0 Å². The van der Waals surface area contributed by atoms with Crippen LogP contribution >= 0.6 is 0 Å². The lowest BCUT2D eigenvalue weighted by molar-refractivity contribution is 0.0697. The Hall–Kier alpha value is -3.43. The van der Waals surface area contributed by atoms with E-state index in [2.05, 4.69) is 4.98 Å². The largest absolute Gasteiger partial charge is 0.490 e. The molecule has 2 heterocycles. The smallest absolute Gasteiger partial charge is 0.254 e. The predicted octanol–water partition coefficient (Wildman–Crippen LogP) is 3.21. The third-order valence-corrected chi connectivity index (χ3v) is 7.43. The molecule has 0 bridgehead atoms. The molecule has 8 nitrogen and oxygen atoms in total. The Bertz CT molecular complexity index is 1210. The molecule has 2 aromatic carbocycles. The van der Waals surface area contributed by atoms with Gasteiger partial charge in [0.2, 0.25) is 10.0 Å². The van der Waals surface area contributed by atoms with Crippen molar-refractivity contribution in [3.8, 4) is 11.5 Å². The molecular weight excluding hydrogens is 454 g/mol. The maximum absolute atomic E-state index is 13.1. The van der Waals surface area contributed by atoms with Crippen molar-refractivity contribution in [2.45, 2.75) is 18.4 Å². The van der Waals surface area contributed by atoms with Gasteiger partial charge in [0, 0.05) is 49.7 Å². The second-order valence-corrected chi connectivity index (χ2v) is 9.69. The van der Waals surface area contributed by atoms with Gasteiger partial charge in [-0.05, 0) is 43.3 Å². The van der Waals surface area contributed by atoms with Crippen molar-refractivity contribution in [2.24, 2.45) is 0 Å². The van der Waals surface area contributed by atoms with Gasteiger partial charge in [0.25, 0.3) is 5.91 Å². The molecule has 1 aliphatic heterocycles. The molecule has 1 amide bonds. The fourth-order valence-corrected chi connectivity index (χ4v) is 5.17. The van der Waals surface area contributed by atoms with Crippen LogP contribution in [0.25, 0.3) is 0 Å². The van der Waals surface area contributed by atoms with Crippen LogP contribution in [0.2, 0.25) is 0 Å². The van der Waals surface area contributed by atoms with Crippen molar-refractivity contribution < 1.29 is 22.7 Å². The average molecular weight is 482 g/mol. The molecule has 1 aromatic heterocycles. The van der Waals surface area contributed by atoms with E-state index in [0.29, 0.717) is 43.4 Å². The number of aromatic nitrogens is 1. The zero-order valence-electron chi connectivity index (χ0n) is 19.0. The molecule has 0 N–H and O–H groups in total. The van der Waals surface area contributed by atoms with Gasteiger partial charge in [-0.2, -0.15) is 4.31 Å². The molecule has 1 aliphatic rings. The van der Waals surface area contributed by atoms with Crippen molar-refractivity contribution in [1.82, 2.24) is 14.2 Å². The number of carbonyl (C=O) groups excluding carboxylic acids is 1. The minimum atomic E-state index is -3.57. The van der Waals surface area contributed by atoms with Crippen molar-refractivity contribution in [1.29, 1.82) is 0 Å². The summed E-state index contributed by atoms with van der Waals surface area (Å²) in [6, 6.07) is 17.2. The van der Waals surface area contributed by atoms with Crippen molar-refractivity contribution in [3.05, 3.63) is 84.2 Å². The number of hydrogen-bond donors (Lipinski definition) is 0. The van der Waals surface area contributed by atoms with Gasteiger partial charge in [-0.3, -0.25) is 9.78 Å². The molecule has 4 rings (SSSR count). The SMILES string of the molecule is CCOc1cc(C(=O)N2CCN(S(=O)(=O)c3ccccc3)CC2)ccc1OCc1cccnc1. The zero-order valence-corrected chi connectivity index (χ0v) is 19.8. The number of hydrogen-bond acceptors (Lipinski definition) is 6. The van der Waals surface area contributed by atoms with Crippen LogP contribution in [0.5, 0.6) is 11.5 Å². The quantitative estimate of drug-likeness (QED) is 0.491. The summed E-state index contributed by atoms with van der Waals surface area (Å²) in [7, 11) is -3.57. The standard InChI is InChI=1S/C25H27N3O5S/c1-2-32-24-17-21(10-11-23(24)33-19-20-7-6-12-26-18-20)25(29)27-13-15-28(16-14-27)34(30,31)22-8-4-3-5-9-22/h3-12,17-18H,2,13-16,19H2,1H3. The number of pyridine rings is 1. The lowest BCUT2D eigenvalue weighted by Crippen LogP contribution is -2.50. The number of benzene rings is 2. The molecule has 178 valence electrons. The Kier molecular flexibility index (Phi) is 7.44. The fourth-order valence-electron chi connectivity index (χ4n) is 3.73. The monoisotopic (exact) mass is 481 g/mol. The first-order valence-corrected chi connectivity index (χ1v) is 12.6. The molecule has 1 fully saturated rings. The van der Waals surface area contributed by atoms with Crippen molar-refractivity contribution in [3.63, 3.8) is 0 Å². The number of nitrogens with zero attached hydrogens (tertiary/aromatic N) is 3. The molecule has 0 spiro atoms. The van der Waals surface area contributed by atoms with Crippen molar-refractivity contribution in [2.75, 3.05) is 32.8 Å². The van der Waals surface area contributed by atoms with Crippen LogP contribution in [0.1, 0.15) is 22.8 Å². The third kappa shape index (κ3) is 5.37. The number of amides is 1. The van der Waals surface area contributed by atoms with E-state index in [9.17, 15) is 13.2 Å². The van der Waals surface area contributed by atoms with E-state index in [0.717, 1.165) is 5.56 Å². The highest BCUT2D eigenvalue weighted by Crippen LogP contribution is 2.30. The minimum Gasteiger partial charge on any atom is -0.490 e. The highest BCUT2D eigenvalue weighted by molar-refractivity contribution is 7.89. The normalized spacial score (nSPS) is 14.6. The molecule has 0 saturated carbocycles. The van der Waals surface area contributed by atoms with Crippen molar-refractivity contribution >= 4 is 15.9 Å². The summed E-state index contributed by atoms with van der Waals surface area (Å²) in [4.78, 5) is 19.1. The number of piperazine rings is 1. The molecule has 0 atom stereocenters. The van der Waals surface area contributed by atoms with Gasteiger partial charge < -0.3 is 14.4 Å². The summed E-state index contributed by atoms with van der Waals surface area (Å²) >= 11 is 0. The molecule has 3 aromatic rings. The summed E-state index contributed by atoms with van der Waals surface area (Å²) in [5.74, 6) is 0.861. The van der Waals surface area contributed by atoms with Gasteiger partial charge in [-0.15, -0.1) is 0 Å². The molecule has 0 radical (unpaired) electrons. The number of rotatable bonds is 8. The van der Waals surface area contributed by atoms with Gasteiger partial charge in [0.15, 0.2) is 11.5 Å². The van der Waals surface area contributed by atoms with Gasteiger partial charge >= 0.3 is 0 Å². The summed E-state index contributed by atoms with van der Waals surface area (Å²) in [6.07, 6.45) is 3.43. The summed E-state index contributed by atoms with van der Waals surface area (Å²) in [6.45, 7) is 3.74. The van der Waals surface area contributed by atoms with E-state index in [1.807, 2.05) is 19.1 Å². The van der Waals surface area contributed by atoms with Crippen LogP contribution in [-0.2, 0) is 16.6 Å². The Balaban J connectivity index is 1.42. The second-order valence-electron chi connectivity index (χ2n) is 7.75. The fraction of sp³-hybridized carbons (Fsp3) is 0.280. The lowest BCUT2D eigenvalue weighted by atomic mass is 10.1. The molecule has 9 heteroatoms. The molecule has 0 unspecified atom stereocenters. The first-order valence-electron chi connectivity index (χ1n) is 11.1. The Morgan fingerprint density at radius 2 is 1.71 bits per heavy atom. The average Bonchev–Trinajstić information content (AvgIpc) is 2.89. The highest BCUT2D eigenvalue weighted by Gasteiger charge is 2.30. The first-order chi connectivity index (χ1) is 16.5. The Morgan fingerprint density at radius 3 is 2.38 bits per heavy atom.